The molecule has 1 heteroatoms. The lowest BCUT2D eigenvalue weighted by molar-refractivity contribution is 0.139. The molecule has 0 heterocycles. The van der Waals surface area contributed by atoms with Gasteiger partial charge in [-0.1, -0.05) is 37.3 Å². The molecule has 1 saturated carbocycles. The van der Waals surface area contributed by atoms with Gasteiger partial charge in [-0.05, 0) is 18.4 Å². The Morgan fingerprint density at radius 2 is 2.08 bits per heavy atom. The Hall–Kier alpha value is -0.820. The molecule has 0 aliphatic heterocycles. The molecule has 0 aromatic heterocycles. The zero-order valence-electron chi connectivity index (χ0n) is 7.33. The molecule has 0 radical (unpaired) electrons. The summed E-state index contributed by atoms with van der Waals surface area (Å²) in [5.74, 6) is 0.392. The van der Waals surface area contributed by atoms with E-state index in [0.29, 0.717) is 5.92 Å². The van der Waals surface area contributed by atoms with Gasteiger partial charge in [-0.15, -0.1) is 0 Å². The van der Waals surface area contributed by atoms with Crippen molar-refractivity contribution in [3.8, 4) is 0 Å². The van der Waals surface area contributed by atoms with E-state index in [9.17, 15) is 5.11 Å². The van der Waals surface area contributed by atoms with E-state index in [1.807, 2.05) is 25.1 Å². The minimum absolute atomic E-state index is 0.388. The topological polar surface area (TPSA) is 20.2 Å². The van der Waals surface area contributed by atoms with Crippen LogP contribution in [0.2, 0.25) is 0 Å². The van der Waals surface area contributed by atoms with Crippen LogP contribution in [0.25, 0.3) is 0 Å². The third-order valence-corrected chi connectivity index (χ3v) is 2.86. The Kier molecular flexibility index (Phi) is 1.69. The summed E-state index contributed by atoms with van der Waals surface area (Å²) >= 11 is 0. The molecule has 0 unspecified atom stereocenters. The van der Waals surface area contributed by atoms with E-state index in [1.165, 1.54) is 5.56 Å². The van der Waals surface area contributed by atoms with Crippen molar-refractivity contribution < 1.29 is 5.11 Å². The lowest BCUT2D eigenvalue weighted by Gasteiger charge is -2.05. The first kappa shape index (κ1) is 7.81. The van der Waals surface area contributed by atoms with Crippen molar-refractivity contribution in [1.29, 1.82) is 0 Å². The van der Waals surface area contributed by atoms with Crippen molar-refractivity contribution in [2.45, 2.75) is 31.3 Å². The van der Waals surface area contributed by atoms with E-state index in [4.69, 9.17) is 0 Å². The van der Waals surface area contributed by atoms with Crippen LogP contribution < -0.4 is 0 Å². The predicted octanol–water partition coefficient (Wildman–Crippen LogP) is 2.32. The Bertz CT molecular complexity index is 268. The second-order valence-corrected chi connectivity index (χ2v) is 3.62. The summed E-state index contributed by atoms with van der Waals surface area (Å²) in [5, 5.41) is 9.85. The van der Waals surface area contributed by atoms with Crippen molar-refractivity contribution in [1.82, 2.24) is 0 Å². The molecule has 1 N–H and O–H groups in total. The van der Waals surface area contributed by atoms with Gasteiger partial charge in [0.1, 0.15) is 0 Å². The highest BCUT2D eigenvalue weighted by Gasteiger charge is 2.51. The first-order valence-corrected chi connectivity index (χ1v) is 4.53. The molecule has 0 saturated heterocycles. The smallest absolute Gasteiger partial charge is 0.0721 e. The number of aliphatic hydroxyl groups is 1. The van der Waals surface area contributed by atoms with Gasteiger partial charge in [0.15, 0.2) is 0 Å². The summed E-state index contributed by atoms with van der Waals surface area (Å²) in [6.07, 6.45) is 1.81. The third-order valence-electron chi connectivity index (χ3n) is 2.86. The van der Waals surface area contributed by atoms with Gasteiger partial charge in [0.05, 0.1) is 5.60 Å². The van der Waals surface area contributed by atoms with E-state index >= 15 is 0 Å². The van der Waals surface area contributed by atoms with Crippen LogP contribution in [0, 0.1) is 0 Å². The second-order valence-electron chi connectivity index (χ2n) is 3.62. The molecule has 1 aliphatic rings. The molecule has 1 nitrogen and oxygen atoms in total. The van der Waals surface area contributed by atoms with Crippen LogP contribution in [0.4, 0.5) is 0 Å². The summed E-state index contributed by atoms with van der Waals surface area (Å²) in [7, 11) is 0. The van der Waals surface area contributed by atoms with E-state index in [1.54, 1.807) is 0 Å². The van der Waals surface area contributed by atoms with Crippen molar-refractivity contribution in [3.05, 3.63) is 35.9 Å². The first-order chi connectivity index (χ1) is 5.76. The largest absolute Gasteiger partial charge is 0.389 e. The molecule has 2 atom stereocenters. The first-order valence-electron chi connectivity index (χ1n) is 4.53. The SMILES string of the molecule is CC[C@@]1(O)C[C@H]1c1ccccc1. The standard InChI is InChI=1S/C11H14O/c1-2-11(12)8-10(11)9-6-4-3-5-7-9/h3-7,10,12H,2,8H2,1H3/t10-,11+/m0/s1. The summed E-state index contributed by atoms with van der Waals surface area (Å²) in [5.41, 5.74) is 0.892. The van der Waals surface area contributed by atoms with E-state index in [2.05, 4.69) is 12.1 Å². The monoisotopic (exact) mass is 162 g/mol. The molecule has 1 aromatic rings. The molecule has 64 valence electrons. The summed E-state index contributed by atoms with van der Waals surface area (Å²) in [4.78, 5) is 0. The Balaban J connectivity index is 2.16. The van der Waals surface area contributed by atoms with Crippen LogP contribution in [0.5, 0.6) is 0 Å². The summed E-state index contributed by atoms with van der Waals surface area (Å²) in [6, 6.07) is 10.3. The number of rotatable bonds is 2. The predicted molar refractivity (Wildman–Crippen MR) is 49.0 cm³/mol. The maximum atomic E-state index is 9.85. The fraction of sp³-hybridized carbons (Fsp3) is 0.455. The Labute approximate surface area is 73.0 Å². The van der Waals surface area contributed by atoms with Crippen molar-refractivity contribution in [2.24, 2.45) is 0 Å². The lowest BCUT2D eigenvalue weighted by atomic mass is 10.1. The number of hydrogen-bond acceptors (Lipinski definition) is 1. The van der Waals surface area contributed by atoms with Crippen LogP contribution in [-0.2, 0) is 0 Å². The van der Waals surface area contributed by atoms with Gasteiger partial charge < -0.3 is 5.11 Å². The normalized spacial score (nSPS) is 33.3. The molecular weight excluding hydrogens is 148 g/mol. The quantitative estimate of drug-likeness (QED) is 0.707. The van der Waals surface area contributed by atoms with Crippen LogP contribution in [0.3, 0.4) is 0 Å². The van der Waals surface area contributed by atoms with E-state index in [0.717, 1.165) is 12.8 Å². The summed E-state index contributed by atoms with van der Waals surface area (Å²) < 4.78 is 0. The van der Waals surface area contributed by atoms with Gasteiger partial charge in [-0.2, -0.15) is 0 Å². The zero-order valence-corrected chi connectivity index (χ0v) is 7.33. The number of benzene rings is 1. The van der Waals surface area contributed by atoms with E-state index in [-0.39, 0.29) is 5.60 Å². The third kappa shape index (κ3) is 1.14. The molecule has 0 spiro atoms. The second kappa shape index (κ2) is 2.60. The average molecular weight is 162 g/mol. The minimum atomic E-state index is -0.388. The molecule has 2 rings (SSSR count). The van der Waals surface area contributed by atoms with Crippen LogP contribution in [0.15, 0.2) is 30.3 Å². The molecule has 1 aromatic carbocycles. The summed E-state index contributed by atoms with van der Waals surface area (Å²) in [6.45, 7) is 2.04. The maximum Gasteiger partial charge on any atom is 0.0721 e. The minimum Gasteiger partial charge on any atom is -0.389 e. The van der Waals surface area contributed by atoms with E-state index < -0.39 is 0 Å². The molecule has 1 aliphatic carbocycles. The zero-order chi connectivity index (χ0) is 8.60. The highest BCUT2D eigenvalue weighted by Crippen LogP contribution is 2.53. The number of hydrogen-bond donors (Lipinski definition) is 1. The molecule has 0 bridgehead atoms. The lowest BCUT2D eigenvalue weighted by Crippen LogP contribution is -2.07. The van der Waals surface area contributed by atoms with Gasteiger partial charge in [-0.25, -0.2) is 0 Å². The van der Waals surface area contributed by atoms with Gasteiger partial charge in [0.25, 0.3) is 0 Å². The Morgan fingerprint density at radius 1 is 1.42 bits per heavy atom. The fourth-order valence-electron chi connectivity index (χ4n) is 1.80. The van der Waals surface area contributed by atoms with Gasteiger partial charge in [0.2, 0.25) is 0 Å². The highest BCUT2D eigenvalue weighted by molar-refractivity contribution is 5.30. The fourth-order valence-corrected chi connectivity index (χ4v) is 1.80. The highest BCUT2D eigenvalue weighted by atomic mass is 16.3. The average Bonchev–Trinajstić information content (AvgIpc) is 2.81. The van der Waals surface area contributed by atoms with Crippen molar-refractivity contribution >= 4 is 0 Å². The van der Waals surface area contributed by atoms with Gasteiger partial charge in [0, 0.05) is 5.92 Å². The molecule has 1 fully saturated rings. The molecular formula is C11H14O. The van der Waals surface area contributed by atoms with Crippen LogP contribution in [-0.4, -0.2) is 10.7 Å². The van der Waals surface area contributed by atoms with Crippen molar-refractivity contribution in [3.63, 3.8) is 0 Å². The van der Waals surface area contributed by atoms with Gasteiger partial charge >= 0.3 is 0 Å². The Morgan fingerprint density at radius 3 is 2.58 bits per heavy atom. The van der Waals surface area contributed by atoms with Gasteiger partial charge in [-0.3, -0.25) is 0 Å². The molecule has 12 heavy (non-hydrogen) atoms. The van der Waals surface area contributed by atoms with Crippen LogP contribution in [0.1, 0.15) is 31.2 Å². The maximum absolute atomic E-state index is 9.85. The van der Waals surface area contributed by atoms with Crippen molar-refractivity contribution in [2.75, 3.05) is 0 Å². The van der Waals surface area contributed by atoms with Crippen LogP contribution >= 0.6 is 0 Å². The molecule has 0 amide bonds.